The smallest absolute Gasteiger partial charge is 0.137 e. The summed E-state index contributed by atoms with van der Waals surface area (Å²) >= 11 is 0. The lowest BCUT2D eigenvalue weighted by Crippen LogP contribution is -2.29. The largest absolute Gasteiger partial charge is 0.459 e. The fourth-order valence-corrected chi connectivity index (χ4v) is 2.68. The Kier molecular flexibility index (Phi) is 3.24. The van der Waals surface area contributed by atoms with Crippen molar-refractivity contribution in [3.8, 4) is 0 Å². The third-order valence-electron chi connectivity index (χ3n) is 3.40. The zero-order valence-corrected chi connectivity index (χ0v) is 12.2. The molecule has 1 unspecified atom stereocenters. The second-order valence-corrected chi connectivity index (χ2v) is 6.24. The minimum atomic E-state index is 0.131. The van der Waals surface area contributed by atoms with E-state index in [1.54, 1.807) is 0 Å². The molecule has 0 aliphatic carbocycles. The molecular formula is C16H23NO. The molecule has 1 aromatic carbocycles. The third kappa shape index (κ3) is 2.30. The molecule has 0 fully saturated rings. The summed E-state index contributed by atoms with van der Waals surface area (Å²) in [6.07, 6.45) is 0. The van der Waals surface area contributed by atoms with Gasteiger partial charge in [0.2, 0.25) is 0 Å². The van der Waals surface area contributed by atoms with Crippen LogP contribution < -0.4 is 5.32 Å². The van der Waals surface area contributed by atoms with Crippen molar-refractivity contribution in [2.45, 2.75) is 40.7 Å². The minimum absolute atomic E-state index is 0.131. The van der Waals surface area contributed by atoms with Crippen molar-refractivity contribution in [3.05, 3.63) is 35.1 Å². The second-order valence-electron chi connectivity index (χ2n) is 6.24. The quantitative estimate of drug-likeness (QED) is 0.850. The molecule has 2 rings (SSSR count). The lowest BCUT2D eigenvalue weighted by atomic mass is 9.85. The highest BCUT2D eigenvalue weighted by atomic mass is 16.3. The van der Waals surface area contributed by atoms with E-state index in [4.69, 9.17) is 4.42 Å². The van der Waals surface area contributed by atoms with Crippen molar-refractivity contribution in [1.82, 2.24) is 5.32 Å². The van der Waals surface area contributed by atoms with E-state index in [0.717, 1.165) is 11.3 Å². The zero-order chi connectivity index (χ0) is 13.5. The summed E-state index contributed by atoms with van der Waals surface area (Å²) in [7, 11) is 1.99. The lowest BCUT2D eigenvalue weighted by Gasteiger charge is -2.28. The molecule has 0 radical (unpaired) electrons. The molecule has 1 atom stereocenters. The first-order chi connectivity index (χ1) is 8.32. The Labute approximate surface area is 109 Å². The van der Waals surface area contributed by atoms with Crippen LogP contribution >= 0.6 is 0 Å². The highest BCUT2D eigenvalue weighted by Crippen LogP contribution is 2.36. The molecule has 0 spiro atoms. The van der Waals surface area contributed by atoms with Crippen molar-refractivity contribution in [1.29, 1.82) is 0 Å². The van der Waals surface area contributed by atoms with E-state index in [0.29, 0.717) is 0 Å². The van der Waals surface area contributed by atoms with E-state index in [1.165, 1.54) is 16.5 Å². The number of aryl methyl sites for hydroxylation is 2. The summed E-state index contributed by atoms with van der Waals surface area (Å²) < 4.78 is 6.07. The van der Waals surface area contributed by atoms with Gasteiger partial charge in [0.05, 0.1) is 6.04 Å². The Bertz CT molecular complexity index is 560. The predicted octanol–water partition coefficient (Wildman–Crippen LogP) is 4.36. The number of rotatable bonds is 2. The van der Waals surface area contributed by atoms with Crippen LogP contribution in [0.4, 0.5) is 0 Å². The summed E-state index contributed by atoms with van der Waals surface area (Å²) in [5, 5.41) is 4.56. The maximum absolute atomic E-state index is 6.07. The maximum Gasteiger partial charge on any atom is 0.137 e. The van der Waals surface area contributed by atoms with Gasteiger partial charge in [0.1, 0.15) is 11.3 Å². The lowest BCUT2D eigenvalue weighted by molar-refractivity contribution is 0.253. The van der Waals surface area contributed by atoms with Crippen LogP contribution in [0.25, 0.3) is 11.0 Å². The summed E-state index contributed by atoms with van der Waals surface area (Å²) in [4.78, 5) is 0. The van der Waals surface area contributed by atoms with Gasteiger partial charge in [0.15, 0.2) is 0 Å². The molecule has 2 aromatic rings. The molecule has 2 nitrogen and oxygen atoms in total. The number of benzene rings is 1. The molecule has 2 heteroatoms. The second kappa shape index (κ2) is 4.43. The van der Waals surface area contributed by atoms with E-state index in [-0.39, 0.29) is 11.5 Å². The summed E-state index contributed by atoms with van der Waals surface area (Å²) in [6, 6.07) is 6.75. The Balaban J connectivity index is 2.56. The number of furan rings is 1. The number of fused-ring (bicyclic) bond motifs is 1. The van der Waals surface area contributed by atoms with Crippen LogP contribution in [0.2, 0.25) is 0 Å². The Morgan fingerprint density at radius 3 is 2.33 bits per heavy atom. The molecule has 1 N–H and O–H groups in total. The van der Waals surface area contributed by atoms with E-state index in [9.17, 15) is 0 Å². The third-order valence-corrected chi connectivity index (χ3v) is 3.40. The number of nitrogens with one attached hydrogen (secondary N) is 1. The van der Waals surface area contributed by atoms with Gasteiger partial charge in [-0.1, -0.05) is 32.4 Å². The van der Waals surface area contributed by atoms with Crippen LogP contribution in [0, 0.1) is 19.3 Å². The Hall–Kier alpha value is -1.28. The molecule has 0 bridgehead atoms. The molecule has 0 amide bonds. The van der Waals surface area contributed by atoms with Crippen molar-refractivity contribution >= 4 is 11.0 Å². The van der Waals surface area contributed by atoms with Crippen LogP contribution in [-0.2, 0) is 0 Å². The van der Waals surface area contributed by atoms with Crippen LogP contribution in [-0.4, -0.2) is 7.05 Å². The van der Waals surface area contributed by atoms with Gasteiger partial charge in [-0.15, -0.1) is 0 Å². The van der Waals surface area contributed by atoms with Gasteiger partial charge in [-0.25, -0.2) is 0 Å². The van der Waals surface area contributed by atoms with Crippen LogP contribution in [0.5, 0.6) is 0 Å². The van der Waals surface area contributed by atoms with Gasteiger partial charge in [0, 0.05) is 5.39 Å². The minimum Gasteiger partial charge on any atom is -0.459 e. The fourth-order valence-electron chi connectivity index (χ4n) is 2.68. The molecule has 0 saturated heterocycles. The van der Waals surface area contributed by atoms with Crippen LogP contribution in [0.1, 0.15) is 43.7 Å². The standard InChI is InChI=1S/C16H23NO/c1-10-7-11(2)14-12(8-10)9-13(18-14)15(17-6)16(3,4)5/h7-9,15,17H,1-6H3. The Morgan fingerprint density at radius 2 is 1.78 bits per heavy atom. The number of hydrogen-bond acceptors (Lipinski definition) is 2. The van der Waals surface area contributed by atoms with Crippen molar-refractivity contribution < 1.29 is 4.42 Å². The molecule has 0 saturated carbocycles. The van der Waals surface area contributed by atoms with E-state index in [1.807, 2.05) is 7.05 Å². The topological polar surface area (TPSA) is 25.2 Å². The van der Waals surface area contributed by atoms with Gasteiger partial charge in [0.25, 0.3) is 0 Å². The highest BCUT2D eigenvalue weighted by Gasteiger charge is 2.27. The van der Waals surface area contributed by atoms with Gasteiger partial charge in [-0.05, 0) is 44.0 Å². The maximum atomic E-state index is 6.07. The molecule has 1 aromatic heterocycles. The first kappa shape index (κ1) is 13.2. The number of hydrogen-bond donors (Lipinski definition) is 1. The molecule has 0 aliphatic heterocycles. The fraction of sp³-hybridized carbons (Fsp3) is 0.500. The van der Waals surface area contributed by atoms with Gasteiger partial charge in [-0.3, -0.25) is 0 Å². The van der Waals surface area contributed by atoms with Gasteiger partial charge in [-0.2, -0.15) is 0 Å². The van der Waals surface area contributed by atoms with Gasteiger partial charge >= 0.3 is 0 Å². The average Bonchev–Trinajstić information content (AvgIpc) is 2.59. The van der Waals surface area contributed by atoms with Gasteiger partial charge < -0.3 is 9.73 Å². The first-order valence-electron chi connectivity index (χ1n) is 6.51. The highest BCUT2D eigenvalue weighted by molar-refractivity contribution is 5.82. The van der Waals surface area contributed by atoms with E-state index >= 15 is 0 Å². The summed E-state index contributed by atoms with van der Waals surface area (Å²) in [5.41, 5.74) is 3.63. The van der Waals surface area contributed by atoms with Crippen molar-refractivity contribution in [2.75, 3.05) is 7.05 Å². The summed E-state index contributed by atoms with van der Waals surface area (Å²) in [6.45, 7) is 10.9. The zero-order valence-electron chi connectivity index (χ0n) is 12.2. The molecular weight excluding hydrogens is 222 g/mol. The molecule has 98 valence electrons. The van der Waals surface area contributed by atoms with Crippen molar-refractivity contribution in [2.24, 2.45) is 5.41 Å². The normalized spacial score (nSPS) is 14.1. The van der Waals surface area contributed by atoms with E-state index in [2.05, 4.69) is 58.1 Å². The predicted molar refractivity (Wildman–Crippen MR) is 76.9 cm³/mol. The molecule has 18 heavy (non-hydrogen) atoms. The van der Waals surface area contributed by atoms with Crippen LogP contribution in [0.3, 0.4) is 0 Å². The van der Waals surface area contributed by atoms with Crippen molar-refractivity contribution in [3.63, 3.8) is 0 Å². The average molecular weight is 245 g/mol. The molecule has 0 aliphatic rings. The first-order valence-corrected chi connectivity index (χ1v) is 6.51. The Morgan fingerprint density at radius 1 is 1.11 bits per heavy atom. The summed E-state index contributed by atoms with van der Waals surface area (Å²) in [5.74, 6) is 1.02. The van der Waals surface area contributed by atoms with E-state index < -0.39 is 0 Å². The monoisotopic (exact) mass is 245 g/mol. The van der Waals surface area contributed by atoms with Crippen LogP contribution in [0.15, 0.2) is 22.6 Å². The SMILES string of the molecule is CNC(c1cc2cc(C)cc(C)c2o1)C(C)(C)C. The molecule has 1 heterocycles.